The summed E-state index contributed by atoms with van der Waals surface area (Å²) in [5, 5.41) is 2.61. The van der Waals surface area contributed by atoms with Crippen LogP contribution in [0.15, 0.2) is 126 Å². The Hall–Kier alpha value is -6.50. The van der Waals surface area contributed by atoms with E-state index in [1.165, 1.54) is 165 Å². The minimum absolute atomic E-state index is 0.00384. The van der Waals surface area contributed by atoms with Crippen molar-refractivity contribution in [2.24, 2.45) is 5.92 Å². The molecule has 91 heavy (non-hydrogen) atoms. The van der Waals surface area contributed by atoms with Crippen molar-refractivity contribution >= 4 is 101 Å². The van der Waals surface area contributed by atoms with E-state index < -0.39 is 0 Å². The van der Waals surface area contributed by atoms with E-state index in [2.05, 4.69) is 265 Å². The van der Waals surface area contributed by atoms with Crippen LogP contribution in [-0.2, 0) is 48.7 Å². The van der Waals surface area contributed by atoms with E-state index in [9.17, 15) is 0 Å². The summed E-state index contributed by atoms with van der Waals surface area (Å²) >= 11 is 2.06. The lowest BCUT2D eigenvalue weighted by molar-refractivity contribution is 0.0840. The molecule has 4 unspecified atom stereocenters. The number of anilines is 8. The van der Waals surface area contributed by atoms with Crippen LogP contribution in [0.4, 0.5) is 45.5 Å². The maximum atomic E-state index is 8.05. The van der Waals surface area contributed by atoms with Gasteiger partial charge in [-0.2, -0.15) is 0 Å². The lowest BCUT2D eigenvalue weighted by Gasteiger charge is -2.58. The zero-order valence-corrected chi connectivity index (χ0v) is 58.5. The Labute approximate surface area is 547 Å². The van der Waals surface area contributed by atoms with Crippen LogP contribution < -0.4 is 30.6 Å². The lowest BCUT2D eigenvalue weighted by atomic mass is 9.38. The summed E-state index contributed by atoms with van der Waals surface area (Å²) in [6.07, 6.45) is 12.8. The smallest absolute Gasteiger partial charge is 0.309 e. The van der Waals surface area contributed by atoms with Crippen molar-refractivity contribution in [1.82, 2.24) is 0 Å². The molecule has 5 aliphatic carbocycles. The number of nitrogens with zero attached hydrogens (tertiary/aromatic N) is 3. The van der Waals surface area contributed by atoms with Crippen LogP contribution in [-0.4, -0.2) is 12.3 Å². The van der Waals surface area contributed by atoms with Crippen molar-refractivity contribution in [2.75, 3.05) is 14.7 Å². The quantitative estimate of drug-likeness (QED) is 0.161. The molecule has 464 valence electrons. The highest BCUT2D eigenvalue weighted by molar-refractivity contribution is 7.33. The molecule has 18 rings (SSSR count). The first-order valence-corrected chi connectivity index (χ1v) is 36.0. The van der Waals surface area contributed by atoms with Crippen molar-refractivity contribution in [3.63, 3.8) is 0 Å². The molecule has 0 saturated heterocycles. The van der Waals surface area contributed by atoms with Crippen LogP contribution in [0.25, 0.3) is 32.2 Å². The van der Waals surface area contributed by atoms with Crippen molar-refractivity contribution in [2.45, 2.75) is 243 Å². The van der Waals surface area contributed by atoms with Gasteiger partial charge in [0.05, 0.1) is 16.9 Å². The minimum atomic E-state index is -0.274. The fraction of sp³-hybridized carbons (Fsp3) is 0.459. The predicted molar refractivity (Wildman–Crippen MR) is 388 cm³/mol. The van der Waals surface area contributed by atoms with Crippen LogP contribution in [0.2, 0.25) is 0 Å². The van der Waals surface area contributed by atoms with Crippen LogP contribution in [0, 0.1) is 5.92 Å². The van der Waals surface area contributed by atoms with Gasteiger partial charge in [-0.3, -0.25) is 0 Å². The molecule has 9 aliphatic rings. The number of rotatable bonds is 2. The molecule has 0 amide bonds. The topological polar surface area (TPSA) is 22.9 Å². The maximum absolute atomic E-state index is 8.05. The number of fused-ring (bicyclic) bond motifs is 21. The highest BCUT2D eigenvalue weighted by Crippen LogP contribution is 2.67. The summed E-state index contributed by atoms with van der Waals surface area (Å²) in [7, 11) is 0. The molecule has 6 heteroatoms. The molecule has 0 N–H and O–H groups in total. The first-order chi connectivity index (χ1) is 42.9. The van der Waals surface area contributed by atoms with E-state index in [4.69, 9.17) is 4.42 Å². The van der Waals surface area contributed by atoms with Crippen molar-refractivity contribution in [3.05, 3.63) is 171 Å². The Morgan fingerprint density at radius 2 is 0.934 bits per heavy atom. The number of furan rings is 1. The third-order valence-corrected chi connectivity index (χ3v) is 28.8. The maximum Gasteiger partial charge on any atom is 0.309 e. The molecule has 1 fully saturated rings. The number of hydrogen-bond donors (Lipinski definition) is 0. The number of benzene rings is 7. The molecular weight excluding hydrogens is 1120 g/mol. The molecule has 7 aromatic carbocycles. The van der Waals surface area contributed by atoms with Gasteiger partial charge in [0.1, 0.15) is 11.2 Å². The minimum Gasteiger partial charge on any atom is -0.468 e. The van der Waals surface area contributed by atoms with Crippen molar-refractivity contribution < 1.29 is 4.42 Å². The highest BCUT2D eigenvalue weighted by atomic mass is 32.1. The second-order valence-corrected chi connectivity index (χ2v) is 37.0. The largest absolute Gasteiger partial charge is 0.468 e. The zero-order valence-electron chi connectivity index (χ0n) is 57.6. The van der Waals surface area contributed by atoms with Crippen molar-refractivity contribution in [1.29, 1.82) is 0 Å². The lowest BCUT2D eigenvalue weighted by Crippen LogP contribution is -2.61. The van der Waals surface area contributed by atoms with Crippen LogP contribution >= 0.6 is 11.3 Å². The summed E-state index contributed by atoms with van der Waals surface area (Å²) in [5.41, 5.74) is 29.7. The monoisotopic (exact) mass is 1220 g/mol. The Morgan fingerprint density at radius 1 is 0.418 bits per heavy atom. The van der Waals surface area contributed by atoms with E-state index in [0.29, 0.717) is 5.92 Å². The third-order valence-electron chi connectivity index (χ3n) is 27.6. The summed E-state index contributed by atoms with van der Waals surface area (Å²) in [5.74, 6) is 0.463. The fourth-order valence-corrected chi connectivity index (χ4v) is 22.3. The molecular formula is C85H94BN3OS. The molecule has 1 saturated carbocycles. The van der Waals surface area contributed by atoms with Gasteiger partial charge in [0, 0.05) is 59.8 Å². The van der Waals surface area contributed by atoms with E-state index in [1.54, 1.807) is 5.56 Å². The zero-order chi connectivity index (χ0) is 63.2. The van der Waals surface area contributed by atoms with Gasteiger partial charge >= 0.3 is 6.71 Å². The summed E-state index contributed by atoms with van der Waals surface area (Å²) in [4.78, 5) is 8.55. The summed E-state index contributed by atoms with van der Waals surface area (Å²) < 4.78 is 10.8. The van der Waals surface area contributed by atoms with Gasteiger partial charge in [0.15, 0.2) is 0 Å². The van der Waals surface area contributed by atoms with Gasteiger partial charge in [-0.05, 0) is 266 Å². The van der Waals surface area contributed by atoms with Gasteiger partial charge < -0.3 is 19.1 Å². The van der Waals surface area contributed by atoms with E-state index >= 15 is 0 Å². The normalized spacial score (nSPS) is 27.0. The second-order valence-electron chi connectivity index (χ2n) is 36.0. The van der Waals surface area contributed by atoms with Gasteiger partial charge in [-0.25, -0.2) is 0 Å². The summed E-state index contributed by atoms with van der Waals surface area (Å²) in [6.45, 7) is 43.0. The van der Waals surface area contributed by atoms with E-state index in [1.807, 2.05) is 0 Å². The standard InChI is InChI=1S/C85H94BN3OS/c1-76(2)31-32-78(5,6)59-40-52(24-26-57(59)76)88-68-43-54-42-67-71(68)86(75-73(88)56-45-61-63(47-70(56)91-75)82(13,14)36-34-80(61,9)10)74-72(55-44-60-62(46-69(55)90-74)81(11,12)35-33-79(60,7)8)87(67)53-25-27-58-64(41-53)83(15,38-37-77(58,3)4)51-29-30-84(16)65-39-50(49-21-19-18-20-22-49)23-28-66(65)89(54)85(84,17)48-51/h18-28,39-47,51H,29-38,48H2,1-17H3. The van der Waals surface area contributed by atoms with Crippen molar-refractivity contribution in [3.8, 4) is 11.1 Å². The molecule has 0 radical (unpaired) electrons. The molecule has 4 atom stereocenters. The molecule has 6 heterocycles. The first-order valence-electron chi connectivity index (χ1n) is 35.2. The molecule has 0 spiro atoms. The fourth-order valence-electron chi connectivity index (χ4n) is 21.0. The molecule has 9 aromatic rings. The molecule has 4 nitrogen and oxygen atoms in total. The molecule has 6 bridgehead atoms. The van der Waals surface area contributed by atoms with Crippen LogP contribution in [0.5, 0.6) is 0 Å². The molecule has 4 aliphatic heterocycles. The van der Waals surface area contributed by atoms with Gasteiger partial charge in [-0.1, -0.05) is 159 Å². The Bertz CT molecular complexity index is 4720. The van der Waals surface area contributed by atoms with Crippen LogP contribution in [0.3, 0.4) is 0 Å². The van der Waals surface area contributed by atoms with Gasteiger partial charge in [0.2, 0.25) is 0 Å². The molecule has 2 aromatic heterocycles. The Kier molecular flexibility index (Phi) is 11.1. The Balaban J connectivity index is 1.02. The number of thiophene rings is 1. The predicted octanol–water partition coefficient (Wildman–Crippen LogP) is 21.8. The van der Waals surface area contributed by atoms with Gasteiger partial charge in [0.25, 0.3) is 0 Å². The SMILES string of the molecule is CC1(C)CCC(C)(C)c2cc(N3c4cc5cc6c4B(c4oc7cc8c(cc7c4N6c4ccc6c(c4)C(C)(CCC6(C)C)C4CCC6(C)c7cc(-c9ccccc9)ccc7N5C6(C)C4)C(C)(C)CCC8(C)C)c4sc5cc6c(cc5c43)C(C)(C)CCC6(C)C)ccc21. The average molecular weight is 1220 g/mol. The second kappa shape index (κ2) is 17.6. The average Bonchev–Trinajstić information content (AvgIpc) is 1.58. The third kappa shape index (κ3) is 7.36. The highest BCUT2D eigenvalue weighted by Gasteiger charge is 2.63. The van der Waals surface area contributed by atoms with E-state index in [0.717, 1.165) is 43.3 Å². The van der Waals surface area contributed by atoms with Crippen LogP contribution in [0.1, 0.15) is 238 Å². The van der Waals surface area contributed by atoms with Gasteiger partial charge in [-0.15, -0.1) is 11.3 Å². The Morgan fingerprint density at radius 3 is 1.55 bits per heavy atom. The number of hydrogen-bond acceptors (Lipinski definition) is 5. The first kappa shape index (κ1) is 57.2. The summed E-state index contributed by atoms with van der Waals surface area (Å²) in [6, 6.07) is 50.4. The van der Waals surface area contributed by atoms with E-state index in [-0.39, 0.29) is 61.0 Å².